The Morgan fingerprint density at radius 3 is 2.71 bits per heavy atom. The number of alkyl halides is 2. The van der Waals surface area contributed by atoms with Gasteiger partial charge in [0.05, 0.1) is 37.2 Å². The molecule has 0 unspecified atom stereocenters. The predicted octanol–water partition coefficient (Wildman–Crippen LogP) is 1.93. The normalized spacial score (nSPS) is 18.4. The van der Waals surface area contributed by atoms with Crippen LogP contribution in [-0.2, 0) is 16.1 Å². The van der Waals surface area contributed by atoms with Crippen LogP contribution in [0.2, 0.25) is 0 Å². The second-order valence-electron chi connectivity index (χ2n) is 8.14. The van der Waals surface area contributed by atoms with Crippen LogP contribution in [0.3, 0.4) is 0 Å². The Bertz CT molecular complexity index is 1150. The van der Waals surface area contributed by atoms with Gasteiger partial charge >= 0.3 is 0 Å². The number of fused-ring (bicyclic) bond motifs is 1. The third-order valence-electron chi connectivity index (χ3n) is 5.96. The van der Waals surface area contributed by atoms with Crippen LogP contribution in [0.25, 0.3) is 5.69 Å². The van der Waals surface area contributed by atoms with Gasteiger partial charge in [-0.3, -0.25) is 4.79 Å². The molecule has 2 fully saturated rings. The van der Waals surface area contributed by atoms with E-state index in [-0.39, 0.29) is 30.7 Å². The van der Waals surface area contributed by atoms with E-state index in [1.807, 2.05) is 9.80 Å². The van der Waals surface area contributed by atoms with Crippen LogP contribution in [-0.4, -0.2) is 74.9 Å². The number of rotatable bonds is 6. The number of halogens is 2. The maximum atomic E-state index is 12.8. The lowest BCUT2D eigenvalue weighted by Crippen LogP contribution is -2.61. The number of benzene rings is 1. The van der Waals surface area contributed by atoms with Gasteiger partial charge in [0.15, 0.2) is 5.82 Å². The number of nitrogens with zero attached hydrogens (tertiary/aromatic N) is 7. The lowest BCUT2D eigenvalue weighted by molar-refractivity contribution is -0.140. The molecule has 2 aliphatic heterocycles. The van der Waals surface area contributed by atoms with Crippen LogP contribution < -0.4 is 9.64 Å². The number of anilines is 1. The zero-order valence-electron chi connectivity index (χ0n) is 18.5. The van der Waals surface area contributed by atoms with Gasteiger partial charge in [-0.2, -0.15) is 0 Å². The summed E-state index contributed by atoms with van der Waals surface area (Å²) in [7, 11) is 0. The van der Waals surface area contributed by atoms with Crippen LogP contribution in [0.4, 0.5) is 14.6 Å². The van der Waals surface area contributed by atoms with Crippen molar-refractivity contribution in [3.05, 3.63) is 53.3 Å². The lowest BCUT2D eigenvalue weighted by atomic mass is 10.1. The minimum Gasteiger partial charge on any atom is -0.470 e. The van der Waals surface area contributed by atoms with Crippen molar-refractivity contribution in [2.45, 2.75) is 26.0 Å². The van der Waals surface area contributed by atoms with Gasteiger partial charge in [0.25, 0.3) is 6.43 Å². The van der Waals surface area contributed by atoms with E-state index in [4.69, 9.17) is 9.47 Å². The number of morpholine rings is 1. The van der Waals surface area contributed by atoms with Crippen molar-refractivity contribution in [2.24, 2.45) is 0 Å². The number of hydrogen-bond acceptors (Lipinski definition) is 8. The molecule has 0 spiro atoms. The molecule has 34 heavy (non-hydrogen) atoms. The molecule has 12 heteroatoms. The van der Waals surface area contributed by atoms with Gasteiger partial charge in [0.2, 0.25) is 11.8 Å². The van der Waals surface area contributed by atoms with E-state index in [1.165, 1.54) is 12.1 Å². The average Bonchev–Trinajstić information content (AvgIpc) is 3.23. The third-order valence-corrected chi connectivity index (χ3v) is 5.96. The molecule has 1 atom stereocenters. The zero-order chi connectivity index (χ0) is 23.7. The maximum absolute atomic E-state index is 12.8. The van der Waals surface area contributed by atoms with Gasteiger partial charge < -0.3 is 19.3 Å². The molecule has 3 aromatic rings. The van der Waals surface area contributed by atoms with Gasteiger partial charge in [-0.1, -0.05) is 17.3 Å². The number of carbonyl (C=O) groups is 1. The summed E-state index contributed by atoms with van der Waals surface area (Å²) in [4.78, 5) is 16.2. The summed E-state index contributed by atoms with van der Waals surface area (Å²) >= 11 is 0. The maximum Gasteiger partial charge on any atom is 0.263 e. The van der Waals surface area contributed by atoms with E-state index in [0.717, 1.165) is 0 Å². The van der Waals surface area contributed by atoms with Crippen molar-refractivity contribution in [3.8, 4) is 11.6 Å². The molecule has 0 aliphatic carbocycles. The van der Waals surface area contributed by atoms with Gasteiger partial charge in [-0.25, -0.2) is 13.5 Å². The minimum atomic E-state index is -2.53. The van der Waals surface area contributed by atoms with Gasteiger partial charge in [-0.05, 0) is 25.1 Å². The Morgan fingerprint density at radius 2 is 1.97 bits per heavy atom. The smallest absolute Gasteiger partial charge is 0.263 e. The number of carbonyl (C=O) groups excluding carboxylic acids is 1. The fourth-order valence-corrected chi connectivity index (χ4v) is 4.09. The molecule has 0 saturated carbocycles. The first-order valence-corrected chi connectivity index (χ1v) is 10.9. The van der Waals surface area contributed by atoms with E-state index >= 15 is 0 Å². The zero-order valence-corrected chi connectivity index (χ0v) is 18.5. The predicted molar refractivity (Wildman–Crippen MR) is 116 cm³/mol. The SMILES string of the molecule is Cc1nnn(-c2ccc(C(F)F)cc2)c1COc1ccc(N2CC(=O)N3CCOC[C@H]3C2)nn1. The van der Waals surface area contributed by atoms with Gasteiger partial charge in [0, 0.05) is 24.7 Å². The summed E-state index contributed by atoms with van der Waals surface area (Å²) in [5.74, 6) is 0.947. The standard InChI is InChI=1S/C22H23F2N7O3/c1-14-18(31(28-25-14)16-4-2-15(3-5-16)22(23)24)13-34-20-7-6-19(26-27-20)29-10-17-12-33-9-8-30(17)21(32)11-29/h2-7,17,22H,8-13H2,1H3/t17-/m1/s1. The van der Waals surface area contributed by atoms with Crippen LogP contribution in [0.1, 0.15) is 23.4 Å². The summed E-state index contributed by atoms with van der Waals surface area (Å²) in [5.41, 5.74) is 1.84. The molecule has 1 aromatic carbocycles. The van der Waals surface area contributed by atoms with E-state index in [2.05, 4.69) is 20.5 Å². The molecular weight excluding hydrogens is 448 g/mol. The monoisotopic (exact) mass is 471 g/mol. The third kappa shape index (κ3) is 4.40. The summed E-state index contributed by atoms with van der Waals surface area (Å²) in [6.07, 6.45) is -2.53. The lowest BCUT2D eigenvalue weighted by Gasteiger charge is -2.43. The van der Waals surface area contributed by atoms with Crippen molar-refractivity contribution < 1.29 is 23.0 Å². The first-order chi connectivity index (χ1) is 16.5. The Labute approximate surface area is 194 Å². The van der Waals surface area contributed by atoms with Crippen molar-refractivity contribution >= 4 is 11.7 Å². The highest BCUT2D eigenvalue weighted by atomic mass is 19.3. The molecular formula is C22H23F2N7O3. The fourth-order valence-electron chi connectivity index (χ4n) is 4.09. The van der Waals surface area contributed by atoms with Crippen LogP contribution in [0, 0.1) is 6.92 Å². The Balaban J connectivity index is 1.25. The molecule has 0 bridgehead atoms. The molecule has 2 aromatic heterocycles. The quantitative estimate of drug-likeness (QED) is 0.538. The summed E-state index contributed by atoms with van der Waals surface area (Å²) in [6, 6.07) is 9.31. The Hall–Kier alpha value is -3.67. The van der Waals surface area contributed by atoms with Crippen molar-refractivity contribution in [1.82, 2.24) is 30.1 Å². The summed E-state index contributed by atoms with van der Waals surface area (Å²) in [6.45, 7) is 4.49. The molecule has 4 heterocycles. The second kappa shape index (κ2) is 9.29. The van der Waals surface area contributed by atoms with Crippen molar-refractivity contribution in [2.75, 3.05) is 37.7 Å². The van der Waals surface area contributed by atoms with E-state index in [9.17, 15) is 13.6 Å². The molecule has 2 aliphatic rings. The van der Waals surface area contributed by atoms with Crippen molar-refractivity contribution in [1.29, 1.82) is 0 Å². The summed E-state index contributed by atoms with van der Waals surface area (Å²) in [5, 5.41) is 16.5. The molecule has 0 radical (unpaired) electrons. The highest BCUT2D eigenvalue weighted by Gasteiger charge is 2.35. The topological polar surface area (TPSA) is 98.5 Å². The largest absolute Gasteiger partial charge is 0.470 e. The Morgan fingerprint density at radius 1 is 1.15 bits per heavy atom. The molecule has 10 nitrogen and oxygen atoms in total. The molecule has 5 rings (SSSR count). The van der Waals surface area contributed by atoms with Crippen LogP contribution in [0.5, 0.6) is 5.88 Å². The number of aryl methyl sites for hydroxylation is 1. The van der Waals surface area contributed by atoms with E-state index in [0.29, 0.717) is 55.1 Å². The number of hydrogen-bond donors (Lipinski definition) is 0. The van der Waals surface area contributed by atoms with Crippen LogP contribution >= 0.6 is 0 Å². The number of ether oxygens (including phenoxy) is 2. The van der Waals surface area contributed by atoms with Crippen LogP contribution in [0.15, 0.2) is 36.4 Å². The van der Waals surface area contributed by atoms with E-state index < -0.39 is 6.43 Å². The van der Waals surface area contributed by atoms with Gasteiger partial charge in [0.1, 0.15) is 12.3 Å². The highest BCUT2D eigenvalue weighted by Crippen LogP contribution is 2.23. The van der Waals surface area contributed by atoms with Crippen molar-refractivity contribution in [3.63, 3.8) is 0 Å². The first kappa shape index (κ1) is 22.1. The number of aromatic nitrogens is 5. The highest BCUT2D eigenvalue weighted by molar-refractivity contribution is 5.83. The molecule has 1 amide bonds. The average molecular weight is 471 g/mol. The van der Waals surface area contributed by atoms with E-state index in [1.54, 1.807) is 35.9 Å². The number of piperazine rings is 1. The first-order valence-electron chi connectivity index (χ1n) is 10.9. The fraction of sp³-hybridized carbons (Fsp3) is 0.409. The molecule has 178 valence electrons. The molecule has 2 saturated heterocycles. The number of amides is 1. The summed E-state index contributed by atoms with van der Waals surface area (Å²) < 4.78 is 38.5. The molecule has 0 N–H and O–H groups in total. The Kier molecular flexibility index (Phi) is 6.05. The minimum absolute atomic E-state index is 0.0123. The van der Waals surface area contributed by atoms with Gasteiger partial charge in [-0.15, -0.1) is 15.3 Å². The second-order valence-corrected chi connectivity index (χ2v) is 8.14.